The number of halogens is 1. The van der Waals surface area contributed by atoms with Gasteiger partial charge in [-0.3, -0.25) is 14.9 Å². The minimum atomic E-state index is 0.119. The summed E-state index contributed by atoms with van der Waals surface area (Å²) in [6, 6.07) is 7.65. The number of rotatable bonds is 6. The van der Waals surface area contributed by atoms with E-state index in [1.165, 1.54) is 0 Å². The molecule has 4 nitrogen and oxygen atoms in total. The zero-order valence-electron chi connectivity index (χ0n) is 10.5. The predicted molar refractivity (Wildman–Crippen MR) is 74.7 cm³/mol. The lowest BCUT2D eigenvalue weighted by Gasteiger charge is -2.20. The first kappa shape index (κ1) is 13.9. The Balaban J connectivity index is 2.01. The summed E-state index contributed by atoms with van der Waals surface area (Å²) in [7, 11) is 0. The van der Waals surface area contributed by atoms with E-state index < -0.39 is 0 Å². The molecule has 0 aliphatic carbocycles. The maximum atomic E-state index is 9.14. The summed E-state index contributed by atoms with van der Waals surface area (Å²) >= 11 is 5.81. The minimum Gasteiger partial charge on any atom is -0.395 e. The normalized spacial score (nSPS) is 10.9. The van der Waals surface area contributed by atoms with Crippen molar-refractivity contribution in [1.82, 2.24) is 14.9 Å². The van der Waals surface area contributed by atoms with Gasteiger partial charge in [-0.05, 0) is 23.8 Å². The molecular formula is C14H16ClN3O. The minimum absolute atomic E-state index is 0.119. The van der Waals surface area contributed by atoms with Crippen LogP contribution < -0.4 is 0 Å². The van der Waals surface area contributed by atoms with E-state index in [-0.39, 0.29) is 6.61 Å². The molecule has 19 heavy (non-hydrogen) atoms. The molecule has 0 saturated heterocycles. The molecule has 0 aliphatic rings. The van der Waals surface area contributed by atoms with Gasteiger partial charge >= 0.3 is 0 Å². The van der Waals surface area contributed by atoms with Gasteiger partial charge in [-0.25, -0.2) is 0 Å². The maximum absolute atomic E-state index is 9.14. The van der Waals surface area contributed by atoms with Gasteiger partial charge in [-0.2, -0.15) is 0 Å². The summed E-state index contributed by atoms with van der Waals surface area (Å²) < 4.78 is 0. The standard InChI is InChI=1S/C14H16ClN3O/c15-13-3-4-14(17-9-13)11-18(6-7-19)10-12-2-1-5-16-8-12/h1-5,8-9,19H,6-7,10-11H2. The van der Waals surface area contributed by atoms with Gasteiger partial charge in [0.15, 0.2) is 0 Å². The van der Waals surface area contributed by atoms with E-state index in [1.807, 2.05) is 30.5 Å². The van der Waals surface area contributed by atoms with Crippen molar-refractivity contribution in [3.05, 3.63) is 59.1 Å². The molecule has 0 saturated carbocycles. The van der Waals surface area contributed by atoms with E-state index >= 15 is 0 Å². The van der Waals surface area contributed by atoms with Crippen molar-refractivity contribution in [1.29, 1.82) is 0 Å². The Morgan fingerprint density at radius 1 is 1.16 bits per heavy atom. The Kier molecular flexibility index (Phi) is 5.27. The molecule has 0 aliphatic heterocycles. The number of nitrogens with zero attached hydrogens (tertiary/aromatic N) is 3. The first-order valence-electron chi connectivity index (χ1n) is 6.10. The van der Waals surface area contributed by atoms with Crippen LogP contribution in [0, 0.1) is 0 Å². The first-order valence-corrected chi connectivity index (χ1v) is 6.48. The summed E-state index contributed by atoms with van der Waals surface area (Å²) in [5, 5.41) is 9.77. The molecule has 0 atom stereocenters. The van der Waals surface area contributed by atoms with Crippen molar-refractivity contribution in [2.24, 2.45) is 0 Å². The van der Waals surface area contributed by atoms with Gasteiger partial charge in [0, 0.05) is 38.2 Å². The highest BCUT2D eigenvalue weighted by molar-refractivity contribution is 6.30. The van der Waals surface area contributed by atoms with Gasteiger partial charge in [0.2, 0.25) is 0 Å². The fraction of sp³-hybridized carbons (Fsp3) is 0.286. The van der Waals surface area contributed by atoms with Gasteiger partial charge < -0.3 is 5.11 Å². The van der Waals surface area contributed by atoms with Crippen molar-refractivity contribution in [2.45, 2.75) is 13.1 Å². The number of hydrogen-bond donors (Lipinski definition) is 1. The molecule has 5 heteroatoms. The Hall–Kier alpha value is -1.49. The van der Waals surface area contributed by atoms with Crippen LogP contribution in [0.1, 0.15) is 11.3 Å². The summed E-state index contributed by atoms with van der Waals surface area (Å²) in [6.07, 6.45) is 5.22. The molecule has 0 aromatic carbocycles. The van der Waals surface area contributed by atoms with Gasteiger partial charge in [-0.1, -0.05) is 17.7 Å². The van der Waals surface area contributed by atoms with Crippen molar-refractivity contribution in [3.8, 4) is 0 Å². The Bertz CT molecular complexity index is 490. The Morgan fingerprint density at radius 3 is 2.68 bits per heavy atom. The summed E-state index contributed by atoms with van der Waals surface area (Å²) in [6.45, 7) is 2.12. The number of aliphatic hydroxyl groups is 1. The Morgan fingerprint density at radius 2 is 2.05 bits per heavy atom. The van der Waals surface area contributed by atoms with Crippen LogP contribution in [-0.4, -0.2) is 33.1 Å². The highest BCUT2D eigenvalue weighted by Gasteiger charge is 2.07. The van der Waals surface area contributed by atoms with Crippen molar-refractivity contribution < 1.29 is 5.11 Å². The van der Waals surface area contributed by atoms with E-state index in [4.69, 9.17) is 16.7 Å². The topological polar surface area (TPSA) is 49.2 Å². The molecule has 0 unspecified atom stereocenters. The van der Waals surface area contributed by atoms with Gasteiger partial charge in [0.1, 0.15) is 0 Å². The molecule has 2 rings (SSSR count). The van der Waals surface area contributed by atoms with Crippen LogP contribution >= 0.6 is 11.6 Å². The van der Waals surface area contributed by atoms with Crippen molar-refractivity contribution in [3.63, 3.8) is 0 Å². The van der Waals surface area contributed by atoms with Crippen LogP contribution in [0.4, 0.5) is 0 Å². The third-order valence-corrected chi connectivity index (χ3v) is 2.94. The summed E-state index contributed by atoms with van der Waals surface area (Å²) in [5.41, 5.74) is 2.05. The fourth-order valence-corrected chi connectivity index (χ4v) is 1.95. The van der Waals surface area contributed by atoms with Crippen LogP contribution in [0.2, 0.25) is 5.02 Å². The molecule has 2 aromatic heterocycles. The smallest absolute Gasteiger partial charge is 0.0589 e. The zero-order chi connectivity index (χ0) is 13.5. The van der Waals surface area contributed by atoms with Crippen LogP contribution in [0.15, 0.2) is 42.9 Å². The van der Waals surface area contributed by atoms with E-state index in [2.05, 4.69) is 14.9 Å². The monoisotopic (exact) mass is 277 g/mol. The zero-order valence-corrected chi connectivity index (χ0v) is 11.3. The molecule has 2 aromatic rings. The number of aromatic nitrogens is 2. The predicted octanol–water partition coefficient (Wildman–Crippen LogP) is 2.12. The average Bonchev–Trinajstić information content (AvgIpc) is 2.43. The van der Waals surface area contributed by atoms with Crippen LogP contribution in [-0.2, 0) is 13.1 Å². The first-order chi connectivity index (χ1) is 9.28. The van der Waals surface area contributed by atoms with Gasteiger partial charge in [0.05, 0.1) is 17.3 Å². The lowest BCUT2D eigenvalue weighted by molar-refractivity contribution is 0.183. The van der Waals surface area contributed by atoms with Gasteiger partial charge in [-0.15, -0.1) is 0 Å². The fourth-order valence-electron chi connectivity index (χ4n) is 1.83. The molecule has 1 N–H and O–H groups in total. The average molecular weight is 278 g/mol. The van der Waals surface area contributed by atoms with E-state index in [0.717, 1.165) is 17.8 Å². The van der Waals surface area contributed by atoms with Crippen LogP contribution in [0.3, 0.4) is 0 Å². The van der Waals surface area contributed by atoms with E-state index in [1.54, 1.807) is 12.4 Å². The van der Waals surface area contributed by atoms with Crippen LogP contribution in [0.25, 0.3) is 0 Å². The third kappa shape index (κ3) is 4.59. The summed E-state index contributed by atoms with van der Waals surface area (Å²) in [4.78, 5) is 10.5. The summed E-state index contributed by atoms with van der Waals surface area (Å²) in [5.74, 6) is 0. The molecule has 2 heterocycles. The molecule has 0 spiro atoms. The molecule has 100 valence electrons. The van der Waals surface area contributed by atoms with Crippen LogP contribution in [0.5, 0.6) is 0 Å². The number of aliphatic hydroxyl groups excluding tert-OH is 1. The quantitative estimate of drug-likeness (QED) is 0.879. The molecule has 0 fully saturated rings. The van der Waals surface area contributed by atoms with E-state index in [9.17, 15) is 0 Å². The maximum Gasteiger partial charge on any atom is 0.0589 e. The van der Waals surface area contributed by atoms with Crippen molar-refractivity contribution in [2.75, 3.05) is 13.2 Å². The Labute approximate surface area is 117 Å². The number of hydrogen-bond acceptors (Lipinski definition) is 4. The highest BCUT2D eigenvalue weighted by atomic mass is 35.5. The highest BCUT2D eigenvalue weighted by Crippen LogP contribution is 2.10. The van der Waals surface area contributed by atoms with Crippen molar-refractivity contribution >= 4 is 11.6 Å². The van der Waals surface area contributed by atoms with Gasteiger partial charge in [0.25, 0.3) is 0 Å². The molecular weight excluding hydrogens is 262 g/mol. The third-order valence-electron chi connectivity index (χ3n) is 2.72. The SMILES string of the molecule is OCCN(Cc1cccnc1)Cc1ccc(Cl)cn1. The van der Waals surface area contributed by atoms with E-state index in [0.29, 0.717) is 18.1 Å². The second-order valence-corrected chi connectivity index (χ2v) is 4.70. The molecule has 0 amide bonds. The molecule has 0 bridgehead atoms. The number of pyridine rings is 2. The molecule has 0 radical (unpaired) electrons. The lowest BCUT2D eigenvalue weighted by atomic mass is 10.2. The second kappa shape index (κ2) is 7.19. The largest absolute Gasteiger partial charge is 0.395 e. The lowest BCUT2D eigenvalue weighted by Crippen LogP contribution is -2.26. The second-order valence-electron chi connectivity index (χ2n) is 4.26.